The van der Waals surface area contributed by atoms with Gasteiger partial charge in [0.25, 0.3) is 0 Å². The van der Waals surface area contributed by atoms with E-state index in [9.17, 15) is 14.0 Å². The van der Waals surface area contributed by atoms with Crippen molar-refractivity contribution >= 4 is 17.6 Å². The Morgan fingerprint density at radius 1 is 1.44 bits per heavy atom. The summed E-state index contributed by atoms with van der Waals surface area (Å²) in [5, 5.41) is 11.3. The Kier molecular flexibility index (Phi) is 4.83. The first-order valence-corrected chi connectivity index (χ1v) is 5.76. The molecule has 0 bridgehead atoms. The molecule has 0 aliphatic heterocycles. The fourth-order valence-corrected chi connectivity index (χ4v) is 1.44. The Morgan fingerprint density at radius 3 is 2.67 bits per heavy atom. The van der Waals surface area contributed by atoms with E-state index in [1.807, 2.05) is 13.8 Å². The molecule has 4 nitrogen and oxygen atoms in total. The van der Waals surface area contributed by atoms with E-state index >= 15 is 0 Å². The molecule has 1 aromatic rings. The van der Waals surface area contributed by atoms with E-state index in [0.717, 1.165) is 18.6 Å². The van der Waals surface area contributed by atoms with Gasteiger partial charge in [0.05, 0.1) is 5.56 Å². The molecule has 18 heavy (non-hydrogen) atoms. The van der Waals surface area contributed by atoms with Crippen LogP contribution in [0.3, 0.4) is 0 Å². The van der Waals surface area contributed by atoms with Crippen LogP contribution in [0.1, 0.15) is 37.0 Å². The van der Waals surface area contributed by atoms with E-state index < -0.39 is 17.3 Å². The SMILES string of the molecule is CCC(C)CC(=O)Nc1ccc(F)c(C(=O)O)c1. The summed E-state index contributed by atoms with van der Waals surface area (Å²) in [6.07, 6.45) is 1.24. The maximum Gasteiger partial charge on any atom is 0.338 e. The van der Waals surface area contributed by atoms with Crippen LogP contribution in [-0.2, 0) is 4.79 Å². The summed E-state index contributed by atoms with van der Waals surface area (Å²) in [5.74, 6) is -2.12. The number of aromatic carboxylic acids is 1. The second-order valence-corrected chi connectivity index (χ2v) is 4.27. The summed E-state index contributed by atoms with van der Waals surface area (Å²) in [7, 11) is 0. The van der Waals surface area contributed by atoms with Crippen LogP contribution >= 0.6 is 0 Å². The van der Waals surface area contributed by atoms with E-state index in [2.05, 4.69) is 5.32 Å². The molecule has 5 heteroatoms. The minimum Gasteiger partial charge on any atom is -0.478 e. The summed E-state index contributed by atoms with van der Waals surface area (Å²) >= 11 is 0. The number of carbonyl (C=O) groups is 2. The van der Waals surface area contributed by atoms with Crippen LogP contribution in [0.4, 0.5) is 10.1 Å². The van der Waals surface area contributed by atoms with Crippen LogP contribution in [0.15, 0.2) is 18.2 Å². The minimum atomic E-state index is -1.36. The molecule has 1 rings (SSSR count). The third-order valence-electron chi connectivity index (χ3n) is 2.71. The molecule has 1 atom stereocenters. The molecule has 0 saturated carbocycles. The molecule has 0 heterocycles. The standard InChI is InChI=1S/C13H16FNO3/c1-3-8(2)6-12(16)15-9-4-5-11(14)10(7-9)13(17)18/h4-5,7-8H,3,6H2,1-2H3,(H,15,16)(H,17,18). The normalized spacial score (nSPS) is 11.9. The summed E-state index contributed by atoms with van der Waals surface area (Å²) in [6, 6.07) is 3.49. The van der Waals surface area contributed by atoms with Gasteiger partial charge < -0.3 is 10.4 Å². The van der Waals surface area contributed by atoms with Gasteiger partial charge in [-0.1, -0.05) is 20.3 Å². The summed E-state index contributed by atoms with van der Waals surface area (Å²) < 4.78 is 13.1. The van der Waals surface area contributed by atoms with Gasteiger partial charge in [0.15, 0.2) is 0 Å². The number of benzene rings is 1. The molecule has 2 N–H and O–H groups in total. The second kappa shape index (κ2) is 6.14. The molecular formula is C13H16FNO3. The molecule has 98 valence electrons. The lowest BCUT2D eigenvalue weighted by Gasteiger charge is -2.09. The number of carboxylic acids is 1. The Morgan fingerprint density at radius 2 is 2.11 bits per heavy atom. The highest BCUT2D eigenvalue weighted by Crippen LogP contribution is 2.16. The molecule has 0 aromatic heterocycles. The molecule has 1 unspecified atom stereocenters. The number of hydrogen-bond donors (Lipinski definition) is 2. The van der Waals surface area contributed by atoms with E-state index in [-0.39, 0.29) is 11.8 Å². The first-order valence-electron chi connectivity index (χ1n) is 5.76. The van der Waals surface area contributed by atoms with Gasteiger partial charge in [-0.3, -0.25) is 4.79 Å². The van der Waals surface area contributed by atoms with Crippen molar-refractivity contribution in [1.29, 1.82) is 0 Å². The molecule has 0 aliphatic rings. The highest BCUT2D eigenvalue weighted by Gasteiger charge is 2.13. The van der Waals surface area contributed by atoms with Crippen molar-refractivity contribution in [2.24, 2.45) is 5.92 Å². The topological polar surface area (TPSA) is 66.4 Å². The van der Waals surface area contributed by atoms with E-state index in [1.165, 1.54) is 6.07 Å². The smallest absolute Gasteiger partial charge is 0.338 e. The molecule has 0 saturated heterocycles. The summed E-state index contributed by atoms with van der Waals surface area (Å²) in [4.78, 5) is 22.3. The van der Waals surface area contributed by atoms with Gasteiger partial charge in [-0.15, -0.1) is 0 Å². The van der Waals surface area contributed by atoms with Gasteiger partial charge in [-0.25, -0.2) is 9.18 Å². The van der Waals surface area contributed by atoms with Gasteiger partial charge in [0.2, 0.25) is 5.91 Å². The fourth-order valence-electron chi connectivity index (χ4n) is 1.44. The van der Waals surface area contributed by atoms with Gasteiger partial charge in [-0.2, -0.15) is 0 Å². The van der Waals surface area contributed by atoms with Crippen molar-refractivity contribution in [1.82, 2.24) is 0 Å². The average Bonchev–Trinajstić information content (AvgIpc) is 2.31. The van der Waals surface area contributed by atoms with Crippen LogP contribution in [0.25, 0.3) is 0 Å². The number of amides is 1. The van der Waals surface area contributed by atoms with Crippen LogP contribution in [0.2, 0.25) is 0 Å². The van der Waals surface area contributed by atoms with E-state index in [4.69, 9.17) is 5.11 Å². The largest absolute Gasteiger partial charge is 0.478 e. The van der Waals surface area contributed by atoms with Crippen LogP contribution in [-0.4, -0.2) is 17.0 Å². The molecule has 0 radical (unpaired) electrons. The van der Waals surface area contributed by atoms with E-state index in [1.54, 1.807) is 0 Å². The first-order chi connectivity index (χ1) is 8.43. The average molecular weight is 253 g/mol. The van der Waals surface area contributed by atoms with Crippen molar-refractivity contribution < 1.29 is 19.1 Å². The number of hydrogen-bond acceptors (Lipinski definition) is 2. The van der Waals surface area contributed by atoms with Crippen molar-refractivity contribution in [3.63, 3.8) is 0 Å². The fraction of sp³-hybridized carbons (Fsp3) is 0.385. The van der Waals surface area contributed by atoms with Crippen LogP contribution < -0.4 is 5.32 Å². The van der Waals surface area contributed by atoms with Crippen molar-refractivity contribution in [3.05, 3.63) is 29.6 Å². The van der Waals surface area contributed by atoms with Gasteiger partial charge in [-0.05, 0) is 24.1 Å². The highest BCUT2D eigenvalue weighted by atomic mass is 19.1. The monoisotopic (exact) mass is 253 g/mol. The van der Waals surface area contributed by atoms with Crippen molar-refractivity contribution in [2.45, 2.75) is 26.7 Å². The highest BCUT2D eigenvalue weighted by molar-refractivity contribution is 5.94. The van der Waals surface area contributed by atoms with E-state index in [0.29, 0.717) is 12.1 Å². The number of halogens is 1. The predicted molar refractivity (Wildman–Crippen MR) is 66.1 cm³/mol. The second-order valence-electron chi connectivity index (χ2n) is 4.27. The minimum absolute atomic E-state index is 0.202. The molecule has 0 spiro atoms. The van der Waals surface area contributed by atoms with Gasteiger partial charge in [0, 0.05) is 12.1 Å². The molecule has 1 amide bonds. The molecule has 0 aliphatic carbocycles. The maximum atomic E-state index is 13.1. The molecular weight excluding hydrogens is 237 g/mol. The third-order valence-corrected chi connectivity index (χ3v) is 2.71. The number of anilines is 1. The van der Waals surface area contributed by atoms with Crippen molar-refractivity contribution in [3.8, 4) is 0 Å². The molecule has 1 aromatic carbocycles. The Balaban J connectivity index is 2.76. The quantitative estimate of drug-likeness (QED) is 0.847. The number of nitrogens with one attached hydrogen (secondary N) is 1. The third kappa shape index (κ3) is 3.84. The lowest BCUT2D eigenvalue weighted by atomic mass is 10.0. The Bertz CT molecular complexity index is 460. The zero-order valence-corrected chi connectivity index (χ0v) is 10.4. The summed E-state index contributed by atoms with van der Waals surface area (Å²) in [6.45, 7) is 3.94. The molecule has 0 fully saturated rings. The lowest BCUT2D eigenvalue weighted by molar-refractivity contribution is -0.117. The van der Waals surface area contributed by atoms with Gasteiger partial charge in [0.1, 0.15) is 5.82 Å². The number of carboxylic acid groups (broad SMARTS) is 1. The Labute approximate surface area is 105 Å². The van der Waals surface area contributed by atoms with Gasteiger partial charge >= 0.3 is 5.97 Å². The maximum absolute atomic E-state index is 13.1. The van der Waals surface area contributed by atoms with Crippen molar-refractivity contribution in [2.75, 3.05) is 5.32 Å². The lowest BCUT2D eigenvalue weighted by Crippen LogP contribution is -2.15. The number of rotatable bonds is 5. The van der Waals surface area contributed by atoms with Crippen LogP contribution in [0.5, 0.6) is 0 Å². The predicted octanol–water partition coefficient (Wildman–Crippen LogP) is 2.90. The number of carbonyl (C=O) groups excluding carboxylic acids is 1. The summed E-state index contributed by atoms with van der Waals surface area (Å²) in [5.41, 5.74) is -0.154. The zero-order valence-electron chi connectivity index (χ0n) is 10.4. The Hall–Kier alpha value is -1.91. The van der Waals surface area contributed by atoms with Crippen LogP contribution in [0, 0.1) is 11.7 Å². The first kappa shape index (κ1) is 14.2. The zero-order chi connectivity index (χ0) is 13.7.